The number of hydrogen-bond donors (Lipinski definition) is 0. The van der Waals surface area contributed by atoms with Gasteiger partial charge < -0.3 is 0 Å². The molecule has 7 heteroatoms. The van der Waals surface area contributed by atoms with E-state index in [1.54, 1.807) is 22.9 Å². The van der Waals surface area contributed by atoms with Crippen molar-refractivity contribution in [3.8, 4) is 0 Å². The van der Waals surface area contributed by atoms with Crippen LogP contribution in [0.15, 0.2) is 24.3 Å². The Morgan fingerprint density at radius 1 is 1.14 bits per heavy atom. The average Bonchev–Trinajstić information content (AvgIpc) is 2.82. The minimum Gasteiger partial charge on any atom is -0.239 e. The highest BCUT2D eigenvalue weighted by Gasteiger charge is 2.18. The maximum Gasteiger partial charge on any atom is 0.134 e. The van der Waals surface area contributed by atoms with Crippen LogP contribution in [0.1, 0.15) is 24.2 Å². The summed E-state index contributed by atoms with van der Waals surface area (Å²) in [6.07, 6.45) is 0. The molecule has 2 heterocycles. The summed E-state index contributed by atoms with van der Waals surface area (Å²) in [4.78, 5) is 4.18. The minimum atomic E-state index is -0.0994. The lowest BCUT2D eigenvalue weighted by molar-refractivity contribution is 0.560. The molecule has 0 fully saturated rings. The van der Waals surface area contributed by atoms with Gasteiger partial charge in [0.1, 0.15) is 10.7 Å². The number of aryl methyl sites for hydroxylation is 1. The van der Waals surface area contributed by atoms with Crippen LogP contribution >= 0.6 is 34.8 Å². The number of aromatic nitrogens is 4. The average molecular weight is 342 g/mol. The van der Waals surface area contributed by atoms with E-state index < -0.39 is 0 Å². The third-order valence-corrected chi connectivity index (χ3v) is 4.14. The van der Waals surface area contributed by atoms with Crippen LogP contribution < -0.4 is 0 Å². The Morgan fingerprint density at radius 2 is 1.90 bits per heavy atom. The molecule has 0 aliphatic carbocycles. The second kappa shape index (κ2) is 5.44. The molecule has 1 atom stereocenters. The molecule has 1 aromatic carbocycles. The molecule has 4 nitrogen and oxygen atoms in total. The summed E-state index contributed by atoms with van der Waals surface area (Å²) < 4.78 is 1.78. The first kappa shape index (κ1) is 14.6. The Labute approximate surface area is 136 Å². The SMILES string of the molecule is Cc1nc(Cl)cc2c1nnn2[C@H](C)c1ccc(Cl)cc1Cl. The maximum absolute atomic E-state index is 6.27. The number of pyridine rings is 1. The molecule has 3 rings (SSSR count). The minimum absolute atomic E-state index is 0.0994. The zero-order valence-corrected chi connectivity index (χ0v) is 13.6. The Morgan fingerprint density at radius 3 is 2.62 bits per heavy atom. The van der Waals surface area contributed by atoms with Gasteiger partial charge in [-0.1, -0.05) is 46.1 Å². The van der Waals surface area contributed by atoms with Crippen molar-refractivity contribution in [1.29, 1.82) is 0 Å². The molecule has 0 amide bonds. The van der Waals surface area contributed by atoms with Crippen LogP contribution in [-0.4, -0.2) is 20.0 Å². The molecule has 0 bridgehead atoms. The molecule has 0 unspecified atom stereocenters. The highest BCUT2D eigenvalue weighted by molar-refractivity contribution is 6.35. The molecule has 0 radical (unpaired) electrons. The zero-order valence-electron chi connectivity index (χ0n) is 11.3. The zero-order chi connectivity index (χ0) is 15.1. The van der Waals surface area contributed by atoms with E-state index in [1.807, 2.05) is 19.9 Å². The van der Waals surface area contributed by atoms with Gasteiger partial charge in [0.25, 0.3) is 0 Å². The van der Waals surface area contributed by atoms with Crippen LogP contribution in [0, 0.1) is 6.92 Å². The standard InChI is InChI=1S/C14H11Cl3N4/c1-7-14-12(6-13(17)18-7)21(20-19-14)8(2)10-4-3-9(15)5-11(10)16/h3-6,8H,1-2H3/t8-/m1/s1. The van der Waals surface area contributed by atoms with Crippen LogP contribution in [0.2, 0.25) is 15.2 Å². The predicted molar refractivity (Wildman–Crippen MR) is 85.3 cm³/mol. The molecule has 108 valence electrons. The van der Waals surface area contributed by atoms with E-state index in [1.165, 1.54) is 0 Å². The van der Waals surface area contributed by atoms with Gasteiger partial charge in [0, 0.05) is 16.1 Å². The molecule has 0 aliphatic heterocycles. The lowest BCUT2D eigenvalue weighted by Crippen LogP contribution is -2.09. The number of hydrogen-bond acceptors (Lipinski definition) is 3. The Bertz CT molecular complexity index is 828. The molecule has 0 saturated heterocycles. The first-order valence-corrected chi connectivity index (χ1v) is 7.43. The summed E-state index contributed by atoms with van der Waals surface area (Å²) >= 11 is 18.2. The third kappa shape index (κ3) is 2.59. The highest BCUT2D eigenvalue weighted by atomic mass is 35.5. The van der Waals surface area contributed by atoms with Crippen LogP contribution in [-0.2, 0) is 0 Å². The molecular formula is C14H11Cl3N4. The molecule has 0 saturated carbocycles. The van der Waals surface area contributed by atoms with Crippen LogP contribution in [0.3, 0.4) is 0 Å². The first-order valence-electron chi connectivity index (χ1n) is 6.30. The van der Waals surface area contributed by atoms with Crippen molar-refractivity contribution in [3.05, 3.63) is 50.7 Å². The molecular weight excluding hydrogens is 331 g/mol. The van der Waals surface area contributed by atoms with Crippen molar-refractivity contribution >= 4 is 45.8 Å². The molecule has 0 N–H and O–H groups in total. The molecule has 3 aromatic rings. The summed E-state index contributed by atoms with van der Waals surface area (Å²) in [7, 11) is 0. The maximum atomic E-state index is 6.27. The fourth-order valence-corrected chi connectivity index (χ4v) is 3.11. The molecule has 2 aromatic heterocycles. The quantitative estimate of drug-likeness (QED) is 0.634. The lowest BCUT2D eigenvalue weighted by atomic mass is 10.1. The van der Waals surface area contributed by atoms with Crippen molar-refractivity contribution in [2.75, 3.05) is 0 Å². The van der Waals surface area contributed by atoms with E-state index in [0.717, 1.165) is 22.3 Å². The summed E-state index contributed by atoms with van der Waals surface area (Å²) in [5, 5.41) is 10.00. The van der Waals surface area contributed by atoms with Crippen LogP contribution in [0.4, 0.5) is 0 Å². The first-order chi connectivity index (χ1) is 9.97. The smallest absolute Gasteiger partial charge is 0.134 e. The van der Waals surface area contributed by atoms with Gasteiger partial charge >= 0.3 is 0 Å². The predicted octanol–water partition coefficient (Wildman–Crippen LogP) is 4.70. The van der Waals surface area contributed by atoms with Gasteiger partial charge in [0.15, 0.2) is 0 Å². The van der Waals surface area contributed by atoms with E-state index in [-0.39, 0.29) is 6.04 Å². The van der Waals surface area contributed by atoms with E-state index in [4.69, 9.17) is 34.8 Å². The van der Waals surface area contributed by atoms with Crippen molar-refractivity contribution in [3.63, 3.8) is 0 Å². The van der Waals surface area contributed by atoms with Crippen molar-refractivity contribution in [2.45, 2.75) is 19.9 Å². The van der Waals surface area contributed by atoms with E-state index in [9.17, 15) is 0 Å². The summed E-state index contributed by atoms with van der Waals surface area (Å²) in [6, 6.07) is 7.06. The van der Waals surface area contributed by atoms with Gasteiger partial charge in [-0.2, -0.15) is 0 Å². The topological polar surface area (TPSA) is 43.6 Å². The van der Waals surface area contributed by atoms with Gasteiger partial charge in [0.2, 0.25) is 0 Å². The largest absolute Gasteiger partial charge is 0.239 e. The van der Waals surface area contributed by atoms with Gasteiger partial charge in [-0.3, -0.25) is 0 Å². The number of halogens is 3. The normalized spacial score (nSPS) is 12.8. The Hall–Kier alpha value is -1.36. The van der Waals surface area contributed by atoms with Crippen molar-refractivity contribution < 1.29 is 0 Å². The number of nitrogens with zero attached hydrogens (tertiary/aromatic N) is 4. The highest BCUT2D eigenvalue weighted by Crippen LogP contribution is 2.30. The van der Waals surface area contributed by atoms with E-state index >= 15 is 0 Å². The van der Waals surface area contributed by atoms with Crippen molar-refractivity contribution in [2.24, 2.45) is 0 Å². The molecule has 21 heavy (non-hydrogen) atoms. The fraction of sp³-hybridized carbons (Fsp3) is 0.214. The Kier molecular flexibility index (Phi) is 3.78. The second-order valence-corrected chi connectivity index (χ2v) is 6.00. The lowest BCUT2D eigenvalue weighted by Gasteiger charge is -2.15. The van der Waals surface area contributed by atoms with Gasteiger partial charge in [-0.15, -0.1) is 5.10 Å². The monoisotopic (exact) mass is 340 g/mol. The second-order valence-electron chi connectivity index (χ2n) is 4.77. The number of benzene rings is 1. The molecule has 0 aliphatic rings. The van der Waals surface area contributed by atoms with Crippen LogP contribution in [0.5, 0.6) is 0 Å². The number of fused-ring (bicyclic) bond motifs is 1. The summed E-state index contributed by atoms with van der Waals surface area (Å²) in [5.41, 5.74) is 3.22. The van der Waals surface area contributed by atoms with Gasteiger partial charge in [-0.25, -0.2) is 9.67 Å². The number of rotatable bonds is 2. The van der Waals surface area contributed by atoms with Crippen LogP contribution in [0.25, 0.3) is 11.0 Å². The van der Waals surface area contributed by atoms with Gasteiger partial charge in [-0.05, 0) is 31.5 Å². The third-order valence-electron chi connectivity index (χ3n) is 3.38. The Balaban J connectivity index is 2.15. The summed E-state index contributed by atoms with van der Waals surface area (Å²) in [6.45, 7) is 3.85. The summed E-state index contributed by atoms with van der Waals surface area (Å²) in [5.74, 6) is 0. The van der Waals surface area contributed by atoms with E-state index in [0.29, 0.717) is 15.2 Å². The molecule has 0 spiro atoms. The fourth-order valence-electron chi connectivity index (χ4n) is 2.31. The van der Waals surface area contributed by atoms with Gasteiger partial charge in [0.05, 0.1) is 17.3 Å². The van der Waals surface area contributed by atoms with Crippen molar-refractivity contribution in [1.82, 2.24) is 20.0 Å². The van der Waals surface area contributed by atoms with E-state index in [2.05, 4.69) is 15.3 Å².